The maximum absolute atomic E-state index is 13.7. The number of furan rings is 1. The molecule has 7 heteroatoms. The van der Waals surface area contributed by atoms with Gasteiger partial charge in [-0.15, -0.1) is 0 Å². The second-order valence-electron chi connectivity index (χ2n) is 6.08. The molecule has 0 radical (unpaired) electrons. The number of amides is 2. The normalized spacial score (nSPS) is 12.7. The summed E-state index contributed by atoms with van der Waals surface area (Å²) >= 11 is 0. The Morgan fingerprint density at radius 1 is 1.04 bits per heavy atom. The minimum Gasteiger partial charge on any atom is -0.459 e. The second-order valence-corrected chi connectivity index (χ2v) is 6.08. The van der Waals surface area contributed by atoms with Gasteiger partial charge in [-0.25, -0.2) is 8.78 Å². The van der Waals surface area contributed by atoms with Gasteiger partial charge in [-0.05, 0) is 54.4 Å². The number of nitrogens with zero attached hydrogens (tertiary/aromatic N) is 1. The van der Waals surface area contributed by atoms with E-state index in [1.54, 1.807) is 35.2 Å². The van der Waals surface area contributed by atoms with Gasteiger partial charge in [0.15, 0.2) is 5.76 Å². The zero-order chi connectivity index (χ0) is 19.0. The van der Waals surface area contributed by atoms with Crippen molar-refractivity contribution in [1.29, 1.82) is 0 Å². The molecule has 0 unspecified atom stereocenters. The summed E-state index contributed by atoms with van der Waals surface area (Å²) in [5.41, 5.74) is 1.33. The van der Waals surface area contributed by atoms with E-state index in [-0.39, 0.29) is 11.7 Å². The summed E-state index contributed by atoms with van der Waals surface area (Å²) < 4.78 is 32.6. The predicted molar refractivity (Wildman–Crippen MR) is 94.8 cm³/mol. The van der Waals surface area contributed by atoms with Crippen LogP contribution < -0.4 is 10.2 Å². The molecule has 2 aromatic carbocycles. The van der Waals surface area contributed by atoms with E-state index in [1.165, 1.54) is 12.3 Å². The van der Waals surface area contributed by atoms with Crippen molar-refractivity contribution in [3.8, 4) is 0 Å². The first kappa shape index (κ1) is 17.0. The van der Waals surface area contributed by atoms with E-state index in [2.05, 4.69) is 5.32 Å². The molecule has 1 aliphatic rings. The molecule has 1 aromatic heterocycles. The van der Waals surface area contributed by atoms with E-state index in [0.29, 0.717) is 24.3 Å². The third kappa shape index (κ3) is 3.08. The summed E-state index contributed by atoms with van der Waals surface area (Å²) in [7, 11) is 0. The first-order valence-corrected chi connectivity index (χ1v) is 8.28. The molecule has 0 saturated heterocycles. The van der Waals surface area contributed by atoms with Crippen LogP contribution in [0.5, 0.6) is 0 Å². The molecule has 0 atom stereocenters. The van der Waals surface area contributed by atoms with Crippen LogP contribution >= 0.6 is 0 Å². The van der Waals surface area contributed by atoms with Crippen molar-refractivity contribution >= 4 is 23.2 Å². The van der Waals surface area contributed by atoms with Gasteiger partial charge < -0.3 is 14.6 Å². The van der Waals surface area contributed by atoms with E-state index in [1.807, 2.05) is 0 Å². The van der Waals surface area contributed by atoms with Crippen molar-refractivity contribution in [3.05, 3.63) is 83.3 Å². The van der Waals surface area contributed by atoms with Gasteiger partial charge in [-0.3, -0.25) is 9.59 Å². The molecule has 5 nitrogen and oxygen atoms in total. The van der Waals surface area contributed by atoms with Gasteiger partial charge in [-0.2, -0.15) is 0 Å². The smallest absolute Gasteiger partial charge is 0.293 e. The Hall–Kier alpha value is -3.48. The molecule has 27 heavy (non-hydrogen) atoms. The van der Waals surface area contributed by atoms with Crippen molar-refractivity contribution in [3.63, 3.8) is 0 Å². The highest BCUT2D eigenvalue weighted by molar-refractivity contribution is 6.07. The van der Waals surface area contributed by atoms with Crippen molar-refractivity contribution < 1.29 is 22.8 Å². The molecule has 1 aliphatic heterocycles. The molecule has 3 aromatic rings. The van der Waals surface area contributed by atoms with Crippen LogP contribution in [0, 0.1) is 11.6 Å². The van der Waals surface area contributed by atoms with Crippen molar-refractivity contribution in [2.75, 3.05) is 16.8 Å². The standard InChI is InChI=1S/C20H14F2N2O3/c21-14-3-1-4-15(22)18(14)19(25)23-13-6-7-16-12(11-13)8-9-24(16)20(26)17-5-2-10-27-17/h1-7,10-11H,8-9H2,(H,23,25). The molecule has 0 bridgehead atoms. The van der Waals surface area contributed by atoms with Crippen LogP contribution in [0.2, 0.25) is 0 Å². The number of carbonyl (C=O) groups excluding carboxylic acids is 2. The highest BCUT2D eigenvalue weighted by atomic mass is 19.1. The van der Waals surface area contributed by atoms with E-state index in [4.69, 9.17) is 4.42 Å². The van der Waals surface area contributed by atoms with Crippen LogP contribution in [0.25, 0.3) is 0 Å². The number of fused-ring (bicyclic) bond motifs is 1. The maximum Gasteiger partial charge on any atom is 0.293 e. The van der Waals surface area contributed by atoms with Gasteiger partial charge >= 0.3 is 0 Å². The molecular formula is C20H14F2N2O3. The second kappa shape index (κ2) is 6.68. The fourth-order valence-corrected chi connectivity index (χ4v) is 3.13. The molecule has 0 aliphatic carbocycles. The van der Waals surface area contributed by atoms with Gasteiger partial charge in [-0.1, -0.05) is 6.07 Å². The third-order valence-corrected chi connectivity index (χ3v) is 4.40. The Kier molecular flexibility index (Phi) is 4.19. The summed E-state index contributed by atoms with van der Waals surface area (Å²) in [6.07, 6.45) is 2.03. The number of rotatable bonds is 3. The molecule has 0 saturated carbocycles. The minimum atomic E-state index is -0.927. The van der Waals surface area contributed by atoms with Gasteiger partial charge in [0.2, 0.25) is 0 Å². The molecule has 2 heterocycles. The van der Waals surface area contributed by atoms with Crippen molar-refractivity contribution in [2.45, 2.75) is 6.42 Å². The summed E-state index contributed by atoms with van der Waals surface area (Å²) in [6, 6.07) is 11.5. The zero-order valence-electron chi connectivity index (χ0n) is 14.0. The number of nitrogens with one attached hydrogen (secondary N) is 1. The number of anilines is 2. The van der Waals surface area contributed by atoms with E-state index < -0.39 is 23.1 Å². The quantitative estimate of drug-likeness (QED) is 0.760. The van der Waals surface area contributed by atoms with Crippen LogP contribution in [-0.2, 0) is 6.42 Å². The highest BCUT2D eigenvalue weighted by Crippen LogP contribution is 2.32. The predicted octanol–water partition coefficient (Wildman–Crippen LogP) is 4.01. The van der Waals surface area contributed by atoms with Crippen LogP contribution in [0.15, 0.2) is 59.2 Å². The summed E-state index contributed by atoms with van der Waals surface area (Å²) in [5.74, 6) is -2.72. The Labute approximate surface area is 153 Å². The molecule has 1 N–H and O–H groups in total. The minimum absolute atomic E-state index is 0.246. The molecule has 2 amide bonds. The van der Waals surface area contributed by atoms with E-state index >= 15 is 0 Å². The number of hydrogen-bond acceptors (Lipinski definition) is 3. The average Bonchev–Trinajstić information content (AvgIpc) is 3.31. The van der Waals surface area contributed by atoms with E-state index in [9.17, 15) is 18.4 Å². The van der Waals surface area contributed by atoms with Crippen molar-refractivity contribution in [1.82, 2.24) is 0 Å². The zero-order valence-corrected chi connectivity index (χ0v) is 14.0. The van der Waals surface area contributed by atoms with Crippen molar-refractivity contribution in [2.24, 2.45) is 0 Å². The molecule has 0 fully saturated rings. The lowest BCUT2D eigenvalue weighted by molar-refractivity contribution is 0.0961. The fourth-order valence-electron chi connectivity index (χ4n) is 3.13. The summed E-state index contributed by atoms with van der Waals surface area (Å²) in [4.78, 5) is 26.3. The van der Waals surface area contributed by atoms with Gasteiger partial charge in [0.1, 0.15) is 17.2 Å². The van der Waals surface area contributed by atoms with Crippen LogP contribution in [-0.4, -0.2) is 18.4 Å². The molecule has 0 spiro atoms. The fraction of sp³-hybridized carbons (Fsp3) is 0.100. The number of benzene rings is 2. The van der Waals surface area contributed by atoms with Crippen LogP contribution in [0.4, 0.5) is 20.2 Å². The molecular weight excluding hydrogens is 354 g/mol. The van der Waals surface area contributed by atoms with Gasteiger partial charge in [0.25, 0.3) is 11.8 Å². The third-order valence-electron chi connectivity index (χ3n) is 4.40. The number of halogens is 2. The van der Waals surface area contributed by atoms with Crippen LogP contribution in [0.1, 0.15) is 26.5 Å². The monoisotopic (exact) mass is 368 g/mol. The summed E-state index contributed by atoms with van der Waals surface area (Å²) in [5, 5.41) is 2.50. The lowest BCUT2D eigenvalue weighted by Crippen LogP contribution is -2.28. The SMILES string of the molecule is O=C(Nc1ccc2c(c1)CCN2C(=O)c1ccco1)c1c(F)cccc1F. The lowest BCUT2D eigenvalue weighted by Gasteiger charge is -2.16. The summed E-state index contributed by atoms with van der Waals surface area (Å²) in [6.45, 7) is 0.480. The van der Waals surface area contributed by atoms with E-state index in [0.717, 1.165) is 17.7 Å². The Morgan fingerprint density at radius 3 is 2.52 bits per heavy atom. The average molecular weight is 368 g/mol. The highest BCUT2D eigenvalue weighted by Gasteiger charge is 2.27. The van der Waals surface area contributed by atoms with Crippen LogP contribution in [0.3, 0.4) is 0 Å². The lowest BCUT2D eigenvalue weighted by atomic mass is 10.1. The molecule has 4 rings (SSSR count). The Bertz CT molecular complexity index is 1010. The topological polar surface area (TPSA) is 62.6 Å². The van der Waals surface area contributed by atoms with Gasteiger partial charge in [0, 0.05) is 17.9 Å². The first-order chi connectivity index (χ1) is 13.0. The first-order valence-electron chi connectivity index (χ1n) is 8.28. The number of hydrogen-bond donors (Lipinski definition) is 1. The largest absolute Gasteiger partial charge is 0.459 e. The number of carbonyl (C=O) groups is 2. The maximum atomic E-state index is 13.7. The Balaban J connectivity index is 1.56. The van der Waals surface area contributed by atoms with Gasteiger partial charge in [0.05, 0.1) is 6.26 Å². The molecule has 136 valence electrons. The Morgan fingerprint density at radius 2 is 1.81 bits per heavy atom.